The summed E-state index contributed by atoms with van der Waals surface area (Å²) in [5.41, 5.74) is -6.41. The summed E-state index contributed by atoms with van der Waals surface area (Å²) >= 11 is 5.78. The molecule has 0 saturated heterocycles. The first-order valence-electron chi connectivity index (χ1n) is 5.41. The van der Waals surface area contributed by atoms with Crippen molar-refractivity contribution in [3.8, 4) is 5.75 Å². The van der Waals surface area contributed by atoms with Crippen molar-refractivity contribution in [2.45, 2.75) is 30.3 Å². The molecule has 0 bridgehead atoms. The first kappa shape index (κ1) is 15.2. The van der Waals surface area contributed by atoms with Crippen LogP contribution in [0.15, 0.2) is 17.1 Å². The smallest absolute Gasteiger partial charge is 0.375 e. The Hall–Kier alpha value is -1.22. The van der Waals surface area contributed by atoms with Gasteiger partial charge in [0.2, 0.25) is 0 Å². The van der Waals surface area contributed by atoms with E-state index in [1.165, 1.54) is 17.7 Å². The Kier molecular flexibility index (Phi) is 3.53. The number of rotatable bonds is 3. The average molecular weight is 332 g/mol. The molecule has 1 aliphatic rings. The number of halogens is 4. The molecule has 112 valence electrons. The highest BCUT2D eigenvalue weighted by atomic mass is 35.5. The molecule has 1 heterocycles. The van der Waals surface area contributed by atoms with Crippen LogP contribution in [-0.4, -0.2) is 23.9 Å². The first-order chi connectivity index (χ1) is 9.04. The SMILES string of the molecule is Cc1c(OS(=O)(=O)C(F)(F)F)ccn(C2CC2Cl)c1=O. The van der Waals surface area contributed by atoms with Crippen LogP contribution >= 0.6 is 11.6 Å². The standard InChI is InChI=1S/C10H9ClF3NO4S/c1-5-8(19-20(17,18)10(12,13)14)2-3-15(9(5)16)7-4-6(7)11/h2-3,6-7H,4H2,1H3. The predicted octanol–water partition coefficient (Wildman–Crippen LogP) is 1.94. The molecule has 0 radical (unpaired) electrons. The van der Waals surface area contributed by atoms with Crippen molar-refractivity contribution in [2.75, 3.05) is 0 Å². The van der Waals surface area contributed by atoms with Crippen molar-refractivity contribution < 1.29 is 25.8 Å². The van der Waals surface area contributed by atoms with Crippen molar-refractivity contribution >= 4 is 21.7 Å². The maximum Gasteiger partial charge on any atom is 0.534 e. The average Bonchev–Trinajstić information content (AvgIpc) is 3.00. The van der Waals surface area contributed by atoms with Gasteiger partial charge in [0.25, 0.3) is 5.56 Å². The summed E-state index contributed by atoms with van der Waals surface area (Å²) in [6.45, 7) is 1.19. The Bertz CT molecular complexity index is 697. The maximum atomic E-state index is 12.2. The Morgan fingerprint density at radius 1 is 1.45 bits per heavy atom. The van der Waals surface area contributed by atoms with E-state index >= 15 is 0 Å². The van der Waals surface area contributed by atoms with Crippen molar-refractivity contribution in [1.82, 2.24) is 4.57 Å². The van der Waals surface area contributed by atoms with Gasteiger partial charge in [-0.05, 0) is 19.4 Å². The fraction of sp³-hybridized carbons (Fsp3) is 0.500. The molecule has 2 rings (SSSR count). The van der Waals surface area contributed by atoms with Crippen molar-refractivity contribution in [3.63, 3.8) is 0 Å². The van der Waals surface area contributed by atoms with Gasteiger partial charge >= 0.3 is 15.6 Å². The molecule has 1 aromatic rings. The zero-order chi connectivity index (χ0) is 15.3. The van der Waals surface area contributed by atoms with Gasteiger partial charge in [-0.15, -0.1) is 11.6 Å². The largest absolute Gasteiger partial charge is 0.534 e. The molecule has 5 nitrogen and oxygen atoms in total. The van der Waals surface area contributed by atoms with E-state index in [0.717, 1.165) is 6.07 Å². The van der Waals surface area contributed by atoms with E-state index in [4.69, 9.17) is 11.6 Å². The third-order valence-corrected chi connectivity index (χ3v) is 4.27. The highest BCUT2D eigenvalue weighted by molar-refractivity contribution is 7.88. The number of nitrogens with zero attached hydrogens (tertiary/aromatic N) is 1. The quantitative estimate of drug-likeness (QED) is 0.482. The van der Waals surface area contributed by atoms with Crippen molar-refractivity contribution in [2.24, 2.45) is 0 Å². The molecule has 0 aliphatic heterocycles. The van der Waals surface area contributed by atoms with Gasteiger partial charge in [0, 0.05) is 6.20 Å². The summed E-state index contributed by atoms with van der Waals surface area (Å²) < 4.78 is 63.6. The maximum absolute atomic E-state index is 12.2. The molecule has 1 saturated carbocycles. The first-order valence-corrected chi connectivity index (χ1v) is 7.25. The molecule has 1 aromatic heterocycles. The van der Waals surface area contributed by atoms with Crippen molar-refractivity contribution in [3.05, 3.63) is 28.2 Å². The van der Waals surface area contributed by atoms with Gasteiger partial charge in [-0.25, -0.2) is 0 Å². The number of alkyl halides is 4. The normalized spacial score (nSPS) is 22.6. The molecule has 10 heteroatoms. The molecular formula is C10H9ClF3NO4S. The molecule has 0 spiro atoms. The van der Waals surface area contributed by atoms with Crippen LogP contribution < -0.4 is 9.74 Å². The van der Waals surface area contributed by atoms with Gasteiger partial charge < -0.3 is 8.75 Å². The van der Waals surface area contributed by atoms with Gasteiger partial charge in [-0.3, -0.25) is 4.79 Å². The predicted molar refractivity (Wildman–Crippen MR) is 64.3 cm³/mol. The fourth-order valence-electron chi connectivity index (χ4n) is 1.60. The monoisotopic (exact) mass is 331 g/mol. The second-order valence-electron chi connectivity index (χ2n) is 4.32. The zero-order valence-corrected chi connectivity index (χ0v) is 11.6. The second kappa shape index (κ2) is 4.66. The van der Waals surface area contributed by atoms with E-state index < -0.39 is 26.9 Å². The van der Waals surface area contributed by atoms with Gasteiger partial charge in [0.15, 0.2) is 5.75 Å². The van der Waals surface area contributed by atoms with E-state index in [-0.39, 0.29) is 17.0 Å². The molecule has 0 N–H and O–H groups in total. The van der Waals surface area contributed by atoms with Gasteiger partial charge in [-0.1, -0.05) is 0 Å². The molecule has 1 aliphatic carbocycles. The summed E-state index contributed by atoms with van der Waals surface area (Å²) in [6.07, 6.45) is 1.74. The number of pyridine rings is 1. The molecule has 2 unspecified atom stereocenters. The summed E-state index contributed by atoms with van der Waals surface area (Å²) in [4.78, 5) is 11.9. The lowest BCUT2D eigenvalue weighted by Gasteiger charge is -2.12. The van der Waals surface area contributed by atoms with Crippen LogP contribution in [0.25, 0.3) is 0 Å². The molecular weight excluding hydrogens is 323 g/mol. The van der Waals surface area contributed by atoms with E-state index in [9.17, 15) is 26.4 Å². The number of hydrogen-bond donors (Lipinski definition) is 0. The number of hydrogen-bond acceptors (Lipinski definition) is 4. The third-order valence-electron chi connectivity index (χ3n) is 2.83. The summed E-state index contributed by atoms with van der Waals surface area (Å²) in [6, 6.07) is 0.776. The van der Waals surface area contributed by atoms with Crippen LogP contribution in [0, 0.1) is 6.92 Å². The lowest BCUT2D eigenvalue weighted by Crippen LogP contribution is -2.30. The second-order valence-corrected chi connectivity index (χ2v) is 6.42. The van der Waals surface area contributed by atoms with Gasteiger partial charge in [-0.2, -0.15) is 21.6 Å². The lowest BCUT2D eigenvalue weighted by molar-refractivity contribution is -0.0500. The Morgan fingerprint density at radius 2 is 2.00 bits per heavy atom. The van der Waals surface area contributed by atoms with E-state index in [0.29, 0.717) is 6.42 Å². The Balaban J connectivity index is 2.36. The van der Waals surface area contributed by atoms with Crippen LogP contribution in [0.3, 0.4) is 0 Å². The molecule has 0 aromatic carbocycles. The fourth-order valence-corrected chi connectivity index (χ4v) is 2.41. The van der Waals surface area contributed by atoms with E-state index in [1.54, 1.807) is 0 Å². The molecule has 0 amide bonds. The minimum Gasteiger partial charge on any atom is -0.375 e. The van der Waals surface area contributed by atoms with E-state index in [1.807, 2.05) is 0 Å². The van der Waals surface area contributed by atoms with Crippen LogP contribution in [0.2, 0.25) is 0 Å². The summed E-state index contributed by atoms with van der Waals surface area (Å²) in [5, 5.41) is -0.210. The van der Waals surface area contributed by atoms with Gasteiger partial charge in [0.1, 0.15) is 0 Å². The van der Waals surface area contributed by atoms with Crippen LogP contribution in [-0.2, 0) is 10.1 Å². The summed E-state index contributed by atoms with van der Waals surface area (Å²) in [7, 11) is -5.79. The Labute approximate surface area is 117 Å². The highest BCUT2D eigenvalue weighted by Gasteiger charge is 2.49. The molecule has 1 fully saturated rings. The minimum absolute atomic E-state index is 0.210. The third kappa shape index (κ3) is 2.64. The van der Waals surface area contributed by atoms with Crippen LogP contribution in [0.4, 0.5) is 13.2 Å². The minimum atomic E-state index is -5.79. The lowest BCUT2D eigenvalue weighted by atomic mass is 10.3. The summed E-state index contributed by atoms with van der Waals surface area (Å²) in [5.74, 6) is -0.643. The zero-order valence-electron chi connectivity index (χ0n) is 10.0. The Morgan fingerprint density at radius 3 is 2.45 bits per heavy atom. The van der Waals surface area contributed by atoms with Crippen molar-refractivity contribution in [1.29, 1.82) is 0 Å². The molecule has 20 heavy (non-hydrogen) atoms. The van der Waals surface area contributed by atoms with E-state index in [2.05, 4.69) is 4.18 Å². The van der Waals surface area contributed by atoms with Crippen LogP contribution in [0.1, 0.15) is 18.0 Å². The highest BCUT2D eigenvalue weighted by Crippen LogP contribution is 2.40. The van der Waals surface area contributed by atoms with Gasteiger partial charge in [0.05, 0.1) is 17.0 Å². The molecule has 2 atom stereocenters. The number of aromatic nitrogens is 1. The van der Waals surface area contributed by atoms with Crippen LogP contribution in [0.5, 0.6) is 5.75 Å². The topological polar surface area (TPSA) is 65.4 Å².